The van der Waals surface area contributed by atoms with Crippen LogP contribution in [0.2, 0.25) is 0 Å². The van der Waals surface area contributed by atoms with Crippen LogP contribution < -0.4 is 0 Å². The molecule has 1 aliphatic rings. The molecule has 0 unspecified atom stereocenters. The van der Waals surface area contributed by atoms with Crippen LogP contribution in [0, 0.1) is 0 Å². The lowest BCUT2D eigenvalue weighted by Gasteiger charge is -1.98. The van der Waals surface area contributed by atoms with E-state index in [1.807, 2.05) is 36.3 Å². The zero-order valence-corrected chi connectivity index (χ0v) is 9.08. The number of nitrogens with zero attached hydrogens (tertiary/aromatic N) is 2. The summed E-state index contributed by atoms with van der Waals surface area (Å²) in [5, 5.41) is 7.92. The van der Waals surface area contributed by atoms with Gasteiger partial charge in [-0.05, 0) is 17.7 Å². The topological polar surface area (TPSA) is 41.8 Å². The van der Waals surface area contributed by atoms with E-state index in [9.17, 15) is 4.79 Å². The van der Waals surface area contributed by atoms with E-state index in [1.165, 1.54) is 0 Å². The summed E-state index contributed by atoms with van der Waals surface area (Å²) in [6, 6.07) is 9.64. The number of benzene rings is 1. The SMILES string of the molecule is O=C=C1C=CC=C/C1=N/N=C\c1ccccc1. The first-order chi connectivity index (χ1) is 8.40. The Kier molecular flexibility index (Phi) is 3.58. The number of hydrogen-bond donors (Lipinski definition) is 0. The summed E-state index contributed by atoms with van der Waals surface area (Å²) >= 11 is 0. The van der Waals surface area contributed by atoms with Crippen molar-refractivity contribution in [1.82, 2.24) is 0 Å². The van der Waals surface area contributed by atoms with Crippen molar-refractivity contribution in [3.63, 3.8) is 0 Å². The summed E-state index contributed by atoms with van der Waals surface area (Å²) in [7, 11) is 0. The van der Waals surface area contributed by atoms with Crippen molar-refractivity contribution in [1.29, 1.82) is 0 Å². The Hall–Kier alpha value is -2.51. The summed E-state index contributed by atoms with van der Waals surface area (Å²) in [5.41, 5.74) is 1.90. The minimum Gasteiger partial charge on any atom is -0.233 e. The van der Waals surface area contributed by atoms with Gasteiger partial charge in [-0.25, -0.2) is 4.79 Å². The molecule has 0 spiro atoms. The monoisotopic (exact) mass is 222 g/mol. The molecule has 1 aliphatic carbocycles. The maximum absolute atomic E-state index is 10.6. The van der Waals surface area contributed by atoms with Crippen molar-refractivity contribution in [2.24, 2.45) is 10.2 Å². The summed E-state index contributed by atoms with van der Waals surface area (Å²) in [4.78, 5) is 10.6. The van der Waals surface area contributed by atoms with E-state index >= 15 is 0 Å². The van der Waals surface area contributed by atoms with Gasteiger partial charge in [-0.1, -0.05) is 42.5 Å². The second-order valence-electron chi connectivity index (χ2n) is 3.37. The van der Waals surface area contributed by atoms with Gasteiger partial charge in [-0.3, -0.25) is 0 Å². The third-order valence-electron chi connectivity index (χ3n) is 2.19. The molecule has 0 bridgehead atoms. The predicted molar refractivity (Wildman–Crippen MR) is 69.0 cm³/mol. The molecule has 0 atom stereocenters. The van der Waals surface area contributed by atoms with Crippen molar-refractivity contribution >= 4 is 17.9 Å². The highest BCUT2D eigenvalue weighted by Gasteiger charge is 2.03. The van der Waals surface area contributed by atoms with Crippen LogP contribution in [0.5, 0.6) is 0 Å². The molecule has 0 amide bonds. The maximum atomic E-state index is 10.6. The summed E-state index contributed by atoms with van der Waals surface area (Å²) in [5.74, 6) is 1.83. The van der Waals surface area contributed by atoms with Gasteiger partial charge in [0.2, 0.25) is 0 Å². The summed E-state index contributed by atoms with van der Waals surface area (Å²) in [6.07, 6.45) is 8.59. The molecule has 0 fully saturated rings. The largest absolute Gasteiger partial charge is 0.233 e. The number of allylic oxidation sites excluding steroid dienone is 5. The predicted octanol–water partition coefficient (Wildman–Crippen LogP) is 2.35. The molecular weight excluding hydrogens is 212 g/mol. The molecule has 3 heteroatoms. The Labute approximate surface area is 99.2 Å². The molecule has 3 nitrogen and oxygen atoms in total. The van der Waals surface area contributed by atoms with E-state index in [0.717, 1.165) is 5.56 Å². The van der Waals surface area contributed by atoms with Crippen LogP contribution in [0.4, 0.5) is 0 Å². The lowest BCUT2D eigenvalue weighted by molar-refractivity contribution is 0.568. The quantitative estimate of drug-likeness (QED) is 0.430. The number of rotatable bonds is 2. The van der Waals surface area contributed by atoms with E-state index in [4.69, 9.17) is 0 Å². The number of carbonyl (C=O) groups excluding carboxylic acids is 1. The van der Waals surface area contributed by atoms with Gasteiger partial charge >= 0.3 is 0 Å². The Balaban J connectivity index is 2.16. The molecule has 1 aromatic carbocycles. The molecule has 1 aromatic rings. The van der Waals surface area contributed by atoms with Crippen LogP contribution >= 0.6 is 0 Å². The number of hydrogen-bond acceptors (Lipinski definition) is 3. The molecule has 0 radical (unpaired) electrons. The van der Waals surface area contributed by atoms with Crippen LogP contribution in [0.3, 0.4) is 0 Å². The Bertz CT molecular complexity index is 559. The molecular formula is C14H10N2O. The third-order valence-corrected chi connectivity index (χ3v) is 2.19. The average molecular weight is 222 g/mol. The smallest absolute Gasteiger partial charge is 0.134 e. The van der Waals surface area contributed by atoms with Gasteiger partial charge in [-0.15, -0.1) is 5.10 Å². The second-order valence-corrected chi connectivity index (χ2v) is 3.37. The van der Waals surface area contributed by atoms with Crippen molar-refractivity contribution < 1.29 is 4.79 Å². The minimum absolute atomic E-state index is 0.415. The highest BCUT2D eigenvalue weighted by molar-refractivity contribution is 6.16. The first-order valence-corrected chi connectivity index (χ1v) is 5.16. The zero-order chi connectivity index (χ0) is 11.9. The van der Waals surface area contributed by atoms with Crippen molar-refractivity contribution in [3.05, 3.63) is 65.8 Å². The van der Waals surface area contributed by atoms with Crippen molar-refractivity contribution in [2.75, 3.05) is 0 Å². The average Bonchev–Trinajstić information content (AvgIpc) is 2.40. The molecule has 0 N–H and O–H groups in total. The molecule has 17 heavy (non-hydrogen) atoms. The summed E-state index contributed by atoms with van der Waals surface area (Å²) in [6.45, 7) is 0. The van der Waals surface area contributed by atoms with Gasteiger partial charge in [0.25, 0.3) is 0 Å². The van der Waals surface area contributed by atoms with Gasteiger partial charge in [-0.2, -0.15) is 5.10 Å². The van der Waals surface area contributed by atoms with E-state index in [2.05, 4.69) is 10.2 Å². The standard InChI is InChI=1S/C14H10N2O/c17-11-13-8-4-5-9-14(13)16-15-10-12-6-2-1-3-7-12/h1-10H/b15-10-,16-14-. The molecule has 0 saturated heterocycles. The van der Waals surface area contributed by atoms with Crippen LogP contribution in [0.25, 0.3) is 0 Å². The molecule has 82 valence electrons. The normalized spacial score (nSPS) is 16.7. The van der Waals surface area contributed by atoms with E-state index < -0.39 is 0 Å². The van der Waals surface area contributed by atoms with E-state index in [1.54, 1.807) is 30.5 Å². The summed E-state index contributed by atoms with van der Waals surface area (Å²) < 4.78 is 0. The molecule has 0 saturated carbocycles. The second kappa shape index (κ2) is 5.54. The minimum atomic E-state index is 0.415. The fourth-order valence-electron chi connectivity index (χ4n) is 1.34. The van der Waals surface area contributed by atoms with Gasteiger partial charge < -0.3 is 0 Å². The molecule has 0 aliphatic heterocycles. The molecule has 2 rings (SSSR count). The lowest BCUT2D eigenvalue weighted by atomic mass is 10.1. The highest BCUT2D eigenvalue weighted by atomic mass is 16.1. The Morgan fingerprint density at radius 2 is 1.82 bits per heavy atom. The third kappa shape index (κ3) is 2.97. The van der Waals surface area contributed by atoms with Crippen molar-refractivity contribution in [3.8, 4) is 0 Å². The lowest BCUT2D eigenvalue weighted by Crippen LogP contribution is -1.99. The van der Waals surface area contributed by atoms with Crippen LogP contribution in [-0.2, 0) is 4.79 Å². The maximum Gasteiger partial charge on any atom is 0.134 e. The fourth-order valence-corrected chi connectivity index (χ4v) is 1.34. The molecule has 0 heterocycles. The first-order valence-electron chi connectivity index (χ1n) is 5.16. The van der Waals surface area contributed by atoms with E-state index in [-0.39, 0.29) is 0 Å². The van der Waals surface area contributed by atoms with Crippen molar-refractivity contribution in [2.45, 2.75) is 0 Å². The van der Waals surface area contributed by atoms with Gasteiger partial charge in [0.15, 0.2) is 0 Å². The van der Waals surface area contributed by atoms with Gasteiger partial charge in [0.05, 0.1) is 11.8 Å². The first kappa shape index (κ1) is 11.0. The molecule has 0 aromatic heterocycles. The van der Waals surface area contributed by atoms with Gasteiger partial charge in [0, 0.05) is 0 Å². The van der Waals surface area contributed by atoms with Crippen LogP contribution in [0.15, 0.2) is 70.4 Å². The highest BCUT2D eigenvalue weighted by Crippen LogP contribution is 2.05. The zero-order valence-electron chi connectivity index (χ0n) is 9.08. The van der Waals surface area contributed by atoms with E-state index in [0.29, 0.717) is 11.3 Å². The van der Waals surface area contributed by atoms with Gasteiger partial charge in [0.1, 0.15) is 11.7 Å². The van der Waals surface area contributed by atoms with Crippen LogP contribution in [-0.4, -0.2) is 17.9 Å². The Morgan fingerprint density at radius 1 is 1.06 bits per heavy atom. The van der Waals surface area contributed by atoms with Crippen LogP contribution in [0.1, 0.15) is 5.56 Å². The fraction of sp³-hybridized carbons (Fsp3) is 0. The Morgan fingerprint density at radius 3 is 2.59 bits per heavy atom.